The highest BCUT2D eigenvalue weighted by atomic mass is 32.1. The molecule has 2 aromatic rings. The number of aromatic nitrogens is 2. The van der Waals surface area contributed by atoms with Gasteiger partial charge in [-0.2, -0.15) is 0 Å². The number of aromatic amines is 1. The van der Waals surface area contributed by atoms with Gasteiger partial charge in [0.1, 0.15) is 10.3 Å². The fraction of sp³-hybridized carbons (Fsp3) is 0.722. The standard InChI is InChI=1S/C18H27N3OS/c1-11(2)15-8-19-18-16(15)20-17(23-18)12-4-6-13(7-5-12)21-9-14(10-21)22-3/h8,11-14,19H,4-7,9-10H2,1-3H3. The number of rotatable bonds is 4. The summed E-state index contributed by atoms with van der Waals surface area (Å²) in [7, 11) is 1.83. The van der Waals surface area contributed by atoms with E-state index in [1.54, 1.807) is 0 Å². The maximum Gasteiger partial charge on any atom is 0.121 e. The second-order valence-electron chi connectivity index (χ2n) is 7.45. The van der Waals surface area contributed by atoms with Gasteiger partial charge in [0.2, 0.25) is 0 Å². The molecule has 23 heavy (non-hydrogen) atoms. The molecule has 0 aromatic carbocycles. The fourth-order valence-electron chi connectivity index (χ4n) is 4.06. The molecule has 1 aliphatic heterocycles. The van der Waals surface area contributed by atoms with Crippen LogP contribution in [0.25, 0.3) is 10.3 Å². The third-order valence-electron chi connectivity index (χ3n) is 5.67. The quantitative estimate of drug-likeness (QED) is 0.915. The molecule has 2 fully saturated rings. The van der Waals surface area contributed by atoms with E-state index in [0.717, 1.165) is 19.1 Å². The molecule has 1 aliphatic carbocycles. The maximum absolute atomic E-state index is 5.40. The van der Waals surface area contributed by atoms with Crippen LogP contribution >= 0.6 is 11.3 Å². The zero-order chi connectivity index (χ0) is 16.0. The monoisotopic (exact) mass is 333 g/mol. The van der Waals surface area contributed by atoms with Crippen molar-refractivity contribution in [3.63, 3.8) is 0 Å². The van der Waals surface area contributed by atoms with Gasteiger partial charge in [0, 0.05) is 38.4 Å². The van der Waals surface area contributed by atoms with E-state index < -0.39 is 0 Å². The number of methoxy groups -OCH3 is 1. The minimum Gasteiger partial charge on any atom is -0.379 e. The van der Waals surface area contributed by atoms with E-state index in [-0.39, 0.29) is 0 Å². The summed E-state index contributed by atoms with van der Waals surface area (Å²) in [5.41, 5.74) is 2.58. The predicted molar refractivity (Wildman–Crippen MR) is 95.4 cm³/mol. The molecule has 1 saturated carbocycles. The molecule has 0 amide bonds. The second kappa shape index (κ2) is 6.19. The normalized spacial score (nSPS) is 27.0. The van der Waals surface area contributed by atoms with Crippen molar-refractivity contribution in [2.24, 2.45) is 0 Å². The van der Waals surface area contributed by atoms with Crippen molar-refractivity contribution in [1.29, 1.82) is 0 Å². The number of thiazole rings is 1. The number of likely N-dealkylation sites (tertiary alicyclic amines) is 1. The lowest BCUT2D eigenvalue weighted by Gasteiger charge is -2.45. The molecule has 0 spiro atoms. The molecule has 0 bridgehead atoms. The van der Waals surface area contributed by atoms with E-state index in [2.05, 4.69) is 29.9 Å². The second-order valence-corrected chi connectivity index (χ2v) is 8.48. The van der Waals surface area contributed by atoms with Gasteiger partial charge >= 0.3 is 0 Å². The smallest absolute Gasteiger partial charge is 0.121 e. The largest absolute Gasteiger partial charge is 0.379 e. The third kappa shape index (κ3) is 2.83. The van der Waals surface area contributed by atoms with Gasteiger partial charge in [-0.1, -0.05) is 13.8 Å². The van der Waals surface area contributed by atoms with Gasteiger partial charge in [0.15, 0.2) is 0 Å². The number of hydrogen-bond acceptors (Lipinski definition) is 4. The topological polar surface area (TPSA) is 41.1 Å². The molecule has 5 heteroatoms. The Hall–Kier alpha value is -0.910. The lowest BCUT2D eigenvalue weighted by molar-refractivity contribution is -0.0579. The van der Waals surface area contributed by atoms with Gasteiger partial charge in [-0.25, -0.2) is 4.98 Å². The van der Waals surface area contributed by atoms with Crippen LogP contribution in [0.2, 0.25) is 0 Å². The third-order valence-corrected chi connectivity index (χ3v) is 6.82. The summed E-state index contributed by atoms with van der Waals surface area (Å²) in [6, 6.07) is 0.772. The van der Waals surface area contributed by atoms with Crippen molar-refractivity contribution in [2.45, 2.75) is 63.5 Å². The molecule has 4 rings (SSSR count). The number of ether oxygens (including phenoxy) is 1. The van der Waals surface area contributed by atoms with Crippen molar-refractivity contribution in [1.82, 2.24) is 14.9 Å². The summed E-state index contributed by atoms with van der Waals surface area (Å²) in [6.45, 7) is 6.74. The average molecular weight is 334 g/mol. The summed E-state index contributed by atoms with van der Waals surface area (Å²) < 4.78 is 5.40. The molecule has 1 saturated heterocycles. The Balaban J connectivity index is 1.40. The van der Waals surface area contributed by atoms with Crippen molar-refractivity contribution >= 4 is 21.7 Å². The van der Waals surface area contributed by atoms with Crippen molar-refractivity contribution < 1.29 is 4.74 Å². The van der Waals surface area contributed by atoms with Crippen LogP contribution in [0.5, 0.6) is 0 Å². The average Bonchev–Trinajstić information content (AvgIpc) is 3.06. The Kier molecular flexibility index (Phi) is 4.20. The molecule has 2 aliphatic rings. The Morgan fingerprint density at radius 2 is 2.00 bits per heavy atom. The van der Waals surface area contributed by atoms with Crippen LogP contribution in [0.3, 0.4) is 0 Å². The first-order valence-corrected chi connectivity index (χ1v) is 9.72. The maximum atomic E-state index is 5.40. The summed E-state index contributed by atoms with van der Waals surface area (Å²) >= 11 is 1.88. The SMILES string of the molecule is COC1CN(C2CCC(c3nc4c(C(C)C)c[nH]c4s3)CC2)C1. The Bertz CT molecular complexity index is 663. The first-order valence-electron chi connectivity index (χ1n) is 8.90. The molecule has 0 radical (unpaired) electrons. The van der Waals surface area contributed by atoms with E-state index >= 15 is 0 Å². The molecule has 126 valence electrons. The minimum absolute atomic E-state index is 0.474. The summed E-state index contributed by atoms with van der Waals surface area (Å²) in [5, 5.41) is 1.35. The molecule has 2 aromatic heterocycles. The zero-order valence-corrected chi connectivity index (χ0v) is 15.2. The van der Waals surface area contributed by atoms with Crippen molar-refractivity contribution in [3.05, 3.63) is 16.8 Å². The summed E-state index contributed by atoms with van der Waals surface area (Å²) in [6.07, 6.45) is 7.80. The van der Waals surface area contributed by atoms with Crippen LogP contribution < -0.4 is 0 Å². The van der Waals surface area contributed by atoms with E-state index in [0.29, 0.717) is 17.9 Å². The van der Waals surface area contributed by atoms with Crippen LogP contribution in [-0.2, 0) is 4.74 Å². The van der Waals surface area contributed by atoms with Gasteiger partial charge in [0.25, 0.3) is 0 Å². The van der Waals surface area contributed by atoms with Crippen molar-refractivity contribution in [3.8, 4) is 0 Å². The highest BCUT2D eigenvalue weighted by Gasteiger charge is 2.35. The van der Waals surface area contributed by atoms with Gasteiger partial charge < -0.3 is 9.72 Å². The van der Waals surface area contributed by atoms with Gasteiger partial charge in [0.05, 0.1) is 11.1 Å². The molecular weight excluding hydrogens is 306 g/mol. The van der Waals surface area contributed by atoms with Gasteiger partial charge in [-0.05, 0) is 37.2 Å². The van der Waals surface area contributed by atoms with Crippen LogP contribution in [0, 0.1) is 0 Å². The van der Waals surface area contributed by atoms with Crippen LogP contribution in [0.15, 0.2) is 6.20 Å². The lowest BCUT2D eigenvalue weighted by atomic mass is 9.84. The molecule has 0 atom stereocenters. The Morgan fingerprint density at radius 3 is 2.65 bits per heavy atom. The lowest BCUT2D eigenvalue weighted by Crippen LogP contribution is -2.56. The summed E-state index contributed by atoms with van der Waals surface area (Å²) in [5.74, 6) is 1.20. The molecule has 1 N–H and O–H groups in total. The Labute approximate surface area is 142 Å². The minimum atomic E-state index is 0.474. The van der Waals surface area contributed by atoms with E-state index in [4.69, 9.17) is 9.72 Å². The molecule has 0 unspecified atom stereocenters. The number of nitrogens with one attached hydrogen (secondary N) is 1. The number of hydrogen-bond donors (Lipinski definition) is 1. The highest BCUT2D eigenvalue weighted by Crippen LogP contribution is 2.40. The molecular formula is C18H27N3OS. The fourth-order valence-corrected chi connectivity index (χ4v) is 5.19. The van der Waals surface area contributed by atoms with Crippen molar-refractivity contribution in [2.75, 3.05) is 20.2 Å². The zero-order valence-electron chi connectivity index (χ0n) is 14.3. The number of H-pyrrole nitrogens is 1. The first kappa shape index (κ1) is 15.6. The molecule has 3 heterocycles. The number of nitrogens with zero attached hydrogens (tertiary/aromatic N) is 2. The summed E-state index contributed by atoms with van der Waals surface area (Å²) in [4.78, 5) is 12.3. The predicted octanol–water partition coefficient (Wildman–Crippen LogP) is 4.10. The van der Waals surface area contributed by atoms with E-state index in [9.17, 15) is 0 Å². The number of fused-ring (bicyclic) bond motifs is 1. The van der Waals surface area contributed by atoms with Crippen LogP contribution in [0.1, 0.15) is 61.9 Å². The molecule has 4 nitrogen and oxygen atoms in total. The van der Waals surface area contributed by atoms with Crippen LogP contribution in [-0.4, -0.2) is 47.2 Å². The first-order chi connectivity index (χ1) is 11.2. The Morgan fingerprint density at radius 1 is 1.26 bits per heavy atom. The van der Waals surface area contributed by atoms with E-state index in [1.807, 2.05) is 18.4 Å². The van der Waals surface area contributed by atoms with E-state index in [1.165, 1.54) is 46.6 Å². The van der Waals surface area contributed by atoms with Crippen LogP contribution in [0.4, 0.5) is 0 Å². The van der Waals surface area contributed by atoms with Gasteiger partial charge in [-0.15, -0.1) is 11.3 Å². The van der Waals surface area contributed by atoms with Gasteiger partial charge in [-0.3, -0.25) is 4.90 Å². The highest BCUT2D eigenvalue weighted by molar-refractivity contribution is 7.18.